The Kier molecular flexibility index (Phi) is 4.61. The van der Waals surface area contributed by atoms with Crippen molar-refractivity contribution in [3.63, 3.8) is 0 Å². The number of nitrogens with one attached hydrogen (secondary N) is 1. The van der Waals surface area contributed by atoms with Gasteiger partial charge in [0.05, 0.1) is 5.25 Å². The maximum absolute atomic E-state index is 10.5. The van der Waals surface area contributed by atoms with Gasteiger partial charge in [-0.05, 0) is 17.1 Å². The van der Waals surface area contributed by atoms with Crippen molar-refractivity contribution in [3.05, 3.63) is 22.1 Å². The van der Waals surface area contributed by atoms with Gasteiger partial charge in [-0.25, -0.2) is 9.97 Å². The highest BCUT2D eigenvalue weighted by Crippen LogP contribution is 2.31. The molecular formula is C9H15N3O2S. The zero-order chi connectivity index (χ0) is 11.3. The number of rotatable bonds is 6. The van der Waals surface area contributed by atoms with Gasteiger partial charge in [0.15, 0.2) is 0 Å². The van der Waals surface area contributed by atoms with Crippen LogP contribution >= 0.6 is 11.8 Å². The molecule has 0 fully saturated rings. The lowest BCUT2D eigenvalue weighted by molar-refractivity contribution is -0.389. The lowest BCUT2D eigenvalue weighted by atomic mass is 10.2. The van der Waals surface area contributed by atoms with Crippen LogP contribution in [0, 0.1) is 10.1 Å². The lowest BCUT2D eigenvalue weighted by Gasteiger charge is -2.08. The molecule has 1 heterocycles. The number of nitrogens with zero attached hydrogens (tertiary/aromatic N) is 2. The molecule has 0 spiro atoms. The zero-order valence-corrected chi connectivity index (χ0v) is 9.71. The molecule has 1 rings (SSSR count). The Balaban J connectivity index is 2.76. The highest BCUT2D eigenvalue weighted by Gasteiger charge is 2.19. The molecule has 15 heavy (non-hydrogen) atoms. The fraction of sp³-hybridized carbons (Fsp3) is 0.667. The minimum absolute atomic E-state index is 0.0252. The summed E-state index contributed by atoms with van der Waals surface area (Å²) in [6, 6.07) is 0. The molecule has 1 aromatic rings. The van der Waals surface area contributed by atoms with E-state index in [1.54, 1.807) is 11.8 Å². The van der Waals surface area contributed by atoms with Crippen LogP contribution in [-0.4, -0.2) is 20.6 Å². The van der Waals surface area contributed by atoms with Crippen molar-refractivity contribution < 1.29 is 4.92 Å². The van der Waals surface area contributed by atoms with Gasteiger partial charge in [-0.1, -0.05) is 20.3 Å². The number of nitro groups is 1. The number of thioether (sulfide) groups is 1. The molecule has 84 valence electrons. The first-order chi connectivity index (χ1) is 7.19. The van der Waals surface area contributed by atoms with Gasteiger partial charge in [-0.15, -0.1) is 11.8 Å². The first kappa shape index (κ1) is 12.0. The average Bonchev–Trinajstić information content (AvgIpc) is 2.66. The molecule has 0 aliphatic rings. The van der Waals surface area contributed by atoms with Crippen LogP contribution in [0.25, 0.3) is 0 Å². The van der Waals surface area contributed by atoms with Gasteiger partial charge in [0.1, 0.15) is 6.20 Å². The number of hydrogen-bond acceptors (Lipinski definition) is 4. The highest BCUT2D eigenvalue weighted by molar-refractivity contribution is 7.99. The van der Waals surface area contributed by atoms with Gasteiger partial charge in [-0.3, -0.25) is 0 Å². The predicted octanol–water partition coefficient (Wildman–Crippen LogP) is 2.91. The summed E-state index contributed by atoms with van der Waals surface area (Å²) < 4.78 is 0. The maximum atomic E-state index is 10.5. The van der Waals surface area contributed by atoms with Crippen LogP contribution < -0.4 is 0 Å². The SMILES string of the molecule is CCCC(SCC)c1ncc([N+](=O)[O-])[nH]1. The van der Waals surface area contributed by atoms with E-state index in [4.69, 9.17) is 0 Å². The van der Waals surface area contributed by atoms with Crippen molar-refractivity contribution in [1.29, 1.82) is 0 Å². The number of hydrogen-bond donors (Lipinski definition) is 1. The summed E-state index contributed by atoms with van der Waals surface area (Å²) >= 11 is 1.76. The van der Waals surface area contributed by atoms with E-state index in [0.29, 0.717) is 0 Å². The van der Waals surface area contributed by atoms with Crippen LogP contribution in [0.2, 0.25) is 0 Å². The molecule has 0 aliphatic carbocycles. The Morgan fingerprint density at radius 1 is 1.67 bits per heavy atom. The standard InChI is InChI=1S/C9H15N3O2S/c1-3-5-7(15-4-2)9-10-6-8(11-9)12(13)14/h6-7H,3-5H2,1-2H3,(H,10,11). The Morgan fingerprint density at radius 3 is 2.87 bits per heavy atom. The monoisotopic (exact) mass is 229 g/mol. The molecule has 0 saturated heterocycles. The summed E-state index contributed by atoms with van der Waals surface area (Å²) in [6.07, 6.45) is 3.32. The highest BCUT2D eigenvalue weighted by atomic mass is 32.2. The Labute approximate surface area is 92.8 Å². The van der Waals surface area contributed by atoms with Crippen LogP contribution in [0.15, 0.2) is 6.20 Å². The first-order valence-electron chi connectivity index (χ1n) is 4.99. The van der Waals surface area contributed by atoms with Crippen LogP contribution in [0.4, 0.5) is 5.82 Å². The fourth-order valence-corrected chi connectivity index (χ4v) is 2.43. The Morgan fingerprint density at radius 2 is 2.40 bits per heavy atom. The second-order valence-corrected chi connectivity index (χ2v) is 4.62. The summed E-state index contributed by atoms with van der Waals surface area (Å²) in [6.45, 7) is 4.17. The molecule has 0 radical (unpaired) electrons. The normalized spacial score (nSPS) is 12.7. The molecule has 1 N–H and O–H groups in total. The molecule has 0 aliphatic heterocycles. The third-order valence-electron chi connectivity index (χ3n) is 2.00. The van der Waals surface area contributed by atoms with Gasteiger partial charge in [0, 0.05) is 0 Å². The van der Waals surface area contributed by atoms with Gasteiger partial charge < -0.3 is 10.1 Å². The van der Waals surface area contributed by atoms with E-state index in [1.165, 1.54) is 6.20 Å². The molecule has 1 aromatic heterocycles. The number of aromatic nitrogens is 2. The second kappa shape index (κ2) is 5.75. The van der Waals surface area contributed by atoms with E-state index in [9.17, 15) is 10.1 Å². The molecule has 6 heteroatoms. The van der Waals surface area contributed by atoms with Crippen molar-refractivity contribution >= 4 is 17.6 Å². The number of aromatic amines is 1. The fourth-order valence-electron chi connectivity index (χ4n) is 1.35. The van der Waals surface area contributed by atoms with Gasteiger partial charge in [0.2, 0.25) is 5.82 Å². The van der Waals surface area contributed by atoms with Crippen molar-refractivity contribution in [1.82, 2.24) is 9.97 Å². The summed E-state index contributed by atoms with van der Waals surface area (Å²) in [4.78, 5) is 16.8. The van der Waals surface area contributed by atoms with Crippen molar-refractivity contribution in [3.8, 4) is 0 Å². The van der Waals surface area contributed by atoms with Crippen LogP contribution in [0.5, 0.6) is 0 Å². The smallest absolute Gasteiger partial charge is 0.340 e. The molecular weight excluding hydrogens is 214 g/mol. The quantitative estimate of drug-likeness (QED) is 0.601. The van der Waals surface area contributed by atoms with Crippen LogP contribution in [0.3, 0.4) is 0 Å². The van der Waals surface area contributed by atoms with Crippen molar-refractivity contribution in [2.75, 3.05) is 5.75 Å². The molecule has 0 aromatic carbocycles. The first-order valence-corrected chi connectivity index (χ1v) is 6.04. The number of H-pyrrole nitrogens is 1. The second-order valence-electron chi connectivity index (χ2n) is 3.14. The molecule has 0 amide bonds. The summed E-state index contributed by atoms with van der Waals surface area (Å²) in [5, 5.41) is 10.7. The molecule has 1 atom stereocenters. The van der Waals surface area contributed by atoms with E-state index in [-0.39, 0.29) is 11.1 Å². The zero-order valence-electron chi connectivity index (χ0n) is 8.90. The van der Waals surface area contributed by atoms with E-state index >= 15 is 0 Å². The van der Waals surface area contributed by atoms with Crippen molar-refractivity contribution in [2.24, 2.45) is 0 Å². The van der Waals surface area contributed by atoms with Crippen molar-refractivity contribution in [2.45, 2.75) is 31.9 Å². The van der Waals surface area contributed by atoms with E-state index in [2.05, 4.69) is 23.8 Å². The largest absolute Gasteiger partial charge is 0.358 e. The number of imidazole rings is 1. The van der Waals surface area contributed by atoms with Gasteiger partial charge >= 0.3 is 5.82 Å². The van der Waals surface area contributed by atoms with Gasteiger partial charge in [0.25, 0.3) is 0 Å². The molecule has 0 saturated carbocycles. The summed E-state index contributed by atoms with van der Waals surface area (Å²) in [7, 11) is 0. The van der Waals surface area contributed by atoms with Crippen LogP contribution in [0.1, 0.15) is 37.8 Å². The van der Waals surface area contributed by atoms with E-state index in [1.807, 2.05) is 0 Å². The lowest BCUT2D eigenvalue weighted by Crippen LogP contribution is -1.97. The Hall–Kier alpha value is -1.04. The average molecular weight is 229 g/mol. The summed E-state index contributed by atoms with van der Waals surface area (Å²) in [5.74, 6) is 1.68. The minimum atomic E-state index is -0.448. The third-order valence-corrected chi connectivity index (χ3v) is 3.20. The van der Waals surface area contributed by atoms with Crippen LogP contribution in [-0.2, 0) is 0 Å². The minimum Gasteiger partial charge on any atom is -0.358 e. The predicted molar refractivity (Wildman–Crippen MR) is 61.0 cm³/mol. The topological polar surface area (TPSA) is 71.8 Å². The van der Waals surface area contributed by atoms with E-state index in [0.717, 1.165) is 24.4 Å². The molecule has 0 bridgehead atoms. The van der Waals surface area contributed by atoms with Gasteiger partial charge in [-0.2, -0.15) is 0 Å². The summed E-state index contributed by atoms with van der Waals surface area (Å²) in [5.41, 5.74) is 0. The maximum Gasteiger partial charge on any atom is 0.340 e. The third kappa shape index (κ3) is 3.23. The Bertz CT molecular complexity index is 321. The van der Waals surface area contributed by atoms with E-state index < -0.39 is 4.92 Å². The molecule has 5 nitrogen and oxygen atoms in total. The molecule has 1 unspecified atom stereocenters.